The third-order valence-electron chi connectivity index (χ3n) is 2.55. The van der Waals surface area contributed by atoms with E-state index in [9.17, 15) is 9.59 Å². The van der Waals surface area contributed by atoms with Crippen molar-refractivity contribution in [3.8, 4) is 0 Å². The van der Waals surface area contributed by atoms with E-state index in [1.54, 1.807) is 24.2 Å². The number of pyridine rings is 1. The molecular weight excluding hydrogens is 194 g/mol. The van der Waals surface area contributed by atoms with E-state index in [0.29, 0.717) is 18.7 Å². The third kappa shape index (κ3) is 1.78. The van der Waals surface area contributed by atoms with E-state index >= 15 is 0 Å². The highest BCUT2D eigenvalue weighted by Crippen LogP contribution is 2.10. The molecule has 1 fully saturated rings. The molecule has 1 aromatic rings. The first kappa shape index (κ1) is 9.92. The van der Waals surface area contributed by atoms with Gasteiger partial charge in [0.05, 0.1) is 0 Å². The zero-order valence-corrected chi connectivity index (χ0v) is 8.51. The predicted octanol–water partition coefficient (Wildman–Crippen LogP) is -0.832. The molecular formula is C10H13N3O2. The molecule has 1 saturated heterocycles. The van der Waals surface area contributed by atoms with Gasteiger partial charge in [-0.2, -0.15) is 0 Å². The van der Waals surface area contributed by atoms with Gasteiger partial charge in [-0.15, -0.1) is 0 Å². The first-order valence-electron chi connectivity index (χ1n) is 4.79. The van der Waals surface area contributed by atoms with Crippen molar-refractivity contribution in [1.29, 1.82) is 0 Å². The Bertz CT molecular complexity index is 446. The maximum absolute atomic E-state index is 11.8. The Morgan fingerprint density at radius 3 is 2.73 bits per heavy atom. The van der Waals surface area contributed by atoms with Crippen molar-refractivity contribution in [2.24, 2.45) is 12.8 Å². The van der Waals surface area contributed by atoms with Gasteiger partial charge in [0.15, 0.2) is 0 Å². The number of aryl methyl sites for hydroxylation is 1. The molecule has 1 aromatic heterocycles. The van der Waals surface area contributed by atoms with Crippen LogP contribution in [0.3, 0.4) is 0 Å². The Hall–Kier alpha value is -1.62. The maximum atomic E-state index is 11.8. The van der Waals surface area contributed by atoms with E-state index in [1.807, 2.05) is 0 Å². The molecule has 2 rings (SSSR count). The molecule has 0 radical (unpaired) electrons. The van der Waals surface area contributed by atoms with E-state index in [1.165, 1.54) is 10.6 Å². The predicted molar refractivity (Wildman–Crippen MR) is 55.6 cm³/mol. The second kappa shape index (κ2) is 3.51. The van der Waals surface area contributed by atoms with E-state index < -0.39 is 0 Å². The van der Waals surface area contributed by atoms with Crippen molar-refractivity contribution in [3.05, 3.63) is 34.2 Å². The van der Waals surface area contributed by atoms with Gasteiger partial charge in [-0.1, -0.05) is 0 Å². The van der Waals surface area contributed by atoms with Crippen molar-refractivity contribution in [1.82, 2.24) is 9.47 Å². The molecule has 1 aliphatic heterocycles. The minimum absolute atomic E-state index is 0.0838. The van der Waals surface area contributed by atoms with Gasteiger partial charge < -0.3 is 15.2 Å². The van der Waals surface area contributed by atoms with Crippen LogP contribution in [0.5, 0.6) is 0 Å². The summed E-state index contributed by atoms with van der Waals surface area (Å²) in [6.07, 6.45) is 1.59. The van der Waals surface area contributed by atoms with Crippen LogP contribution in [0.15, 0.2) is 23.1 Å². The summed E-state index contributed by atoms with van der Waals surface area (Å²) >= 11 is 0. The van der Waals surface area contributed by atoms with Crippen LogP contribution < -0.4 is 11.3 Å². The maximum Gasteiger partial charge on any atom is 0.254 e. The topological polar surface area (TPSA) is 68.3 Å². The molecule has 5 heteroatoms. The van der Waals surface area contributed by atoms with Crippen LogP contribution in [-0.2, 0) is 7.05 Å². The molecule has 0 spiro atoms. The summed E-state index contributed by atoms with van der Waals surface area (Å²) in [6, 6.07) is 3.08. The van der Waals surface area contributed by atoms with Gasteiger partial charge in [-0.25, -0.2) is 0 Å². The number of nitrogens with zero attached hydrogens (tertiary/aromatic N) is 2. The number of carbonyl (C=O) groups excluding carboxylic acids is 1. The second-order valence-electron chi connectivity index (χ2n) is 3.83. The Morgan fingerprint density at radius 1 is 1.53 bits per heavy atom. The summed E-state index contributed by atoms with van der Waals surface area (Å²) in [5, 5.41) is 0. The lowest BCUT2D eigenvalue weighted by Crippen LogP contribution is -2.57. The molecule has 0 aromatic carbocycles. The highest BCUT2D eigenvalue weighted by Gasteiger charge is 2.28. The number of rotatable bonds is 1. The summed E-state index contributed by atoms with van der Waals surface area (Å²) in [7, 11) is 1.65. The standard InChI is InChI=1S/C10H13N3O2/c1-12-3-2-7(4-9(12)14)10(15)13-5-8(11)6-13/h2-4,8H,5-6,11H2,1H3. The van der Waals surface area contributed by atoms with Crippen molar-refractivity contribution in [2.45, 2.75) is 6.04 Å². The van der Waals surface area contributed by atoms with Crippen molar-refractivity contribution >= 4 is 5.91 Å². The molecule has 0 bridgehead atoms. The van der Waals surface area contributed by atoms with E-state index in [-0.39, 0.29) is 17.5 Å². The van der Waals surface area contributed by atoms with Crippen LogP contribution in [0.2, 0.25) is 0 Å². The Morgan fingerprint density at radius 2 is 2.20 bits per heavy atom. The molecule has 2 heterocycles. The van der Waals surface area contributed by atoms with Crippen LogP contribution in [0.25, 0.3) is 0 Å². The van der Waals surface area contributed by atoms with Crippen molar-refractivity contribution < 1.29 is 4.79 Å². The fraction of sp³-hybridized carbons (Fsp3) is 0.400. The summed E-state index contributed by atoms with van der Waals surface area (Å²) < 4.78 is 1.43. The number of amides is 1. The quantitative estimate of drug-likeness (QED) is 0.653. The van der Waals surface area contributed by atoms with Crippen LogP contribution in [-0.4, -0.2) is 34.5 Å². The summed E-state index contributed by atoms with van der Waals surface area (Å²) in [5.41, 5.74) is 5.84. The Kier molecular flexibility index (Phi) is 2.32. The lowest BCUT2D eigenvalue weighted by atomic mass is 10.1. The number of likely N-dealkylation sites (tertiary alicyclic amines) is 1. The molecule has 80 valence electrons. The molecule has 0 aliphatic carbocycles. The smallest absolute Gasteiger partial charge is 0.254 e. The first-order valence-corrected chi connectivity index (χ1v) is 4.79. The minimum Gasteiger partial charge on any atom is -0.335 e. The van der Waals surface area contributed by atoms with Gasteiger partial charge in [0.25, 0.3) is 11.5 Å². The third-order valence-corrected chi connectivity index (χ3v) is 2.55. The molecule has 5 nitrogen and oxygen atoms in total. The van der Waals surface area contributed by atoms with E-state index in [2.05, 4.69) is 0 Å². The zero-order chi connectivity index (χ0) is 11.0. The van der Waals surface area contributed by atoms with Crippen molar-refractivity contribution in [2.75, 3.05) is 13.1 Å². The molecule has 2 N–H and O–H groups in total. The number of hydrogen-bond donors (Lipinski definition) is 1. The lowest BCUT2D eigenvalue weighted by molar-refractivity contribution is 0.0608. The molecule has 0 atom stereocenters. The van der Waals surface area contributed by atoms with Gasteiger partial charge in [-0.05, 0) is 6.07 Å². The van der Waals surface area contributed by atoms with E-state index in [0.717, 1.165) is 0 Å². The van der Waals surface area contributed by atoms with Gasteiger partial charge in [0.2, 0.25) is 0 Å². The fourth-order valence-corrected chi connectivity index (χ4v) is 1.54. The fourth-order valence-electron chi connectivity index (χ4n) is 1.54. The van der Waals surface area contributed by atoms with Gasteiger partial charge in [-0.3, -0.25) is 9.59 Å². The molecule has 0 saturated carbocycles. The van der Waals surface area contributed by atoms with Gasteiger partial charge in [0, 0.05) is 44.0 Å². The summed E-state index contributed by atoms with van der Waals surface area (Å²) in [5.74, 6) is -0.116. The van der Waals surface area contributed by atoms with Crippen LogP contribution in [0.1, 0.15) is 10.4 Å². The average Bonchev–Trinajstić information content (AvgIpc) is 2.16. The number of carbonyl (C=O) groups is 1. The number of aromatic nitrogens is 1. The SMILES string of the molecule is Cn1ccc(C(=O)N2CC(N)C2)cc1=O. The van der Waals surface area contributed by atoms with Crippen molar-refractivity contribution in [3.63, 3.8) is 0 Å². The Labute approximate surface area is 87.1 Å². The first-order chi connectivity index (χ1) is 7.08. The minimum atomic E-state index is -0.175. The molecule has 15 heavy (non-hydrogen) atoms. The van der Waals surface area contributed by atoms with Gasteiger partial charge >= 0.3 is 0 Å². The van der Waals surface area contributed by atoms with Gasteiger partial charge in [0.1, 0.15) is 0 Å². The average molecular weight is 207 g/mol. The molecule has 1 amide bonds. The van der Waals surface area contributed by atoms with Crippen LogP contribution >= 0.6 is 0 Å². The Balaban J connectivity index is 2.19. The number of hydrogen-bond acceptors (Lipinski definition) is 3. The summed E-state index contributed by atoms with van der Waals surface area (Å²) in [4.78, 5) is 24.7. The highest BCUT2D eigenvalue weighted by atomic mass is 16.2. The normalized spacial score (nSPS) is 16.3. The lowest BCUT2D eigenvalue weighted by Gasteiger charge is -2.36. The summed E-state index contributed by atoms with van der Waals surface area (Å²) in [6.45, 7) is 1.15. The van der Waals surface area contributed by atoms with Crippen LogP contribution in [0, 0.1) is 0 Å². The van der Waals surface area contributed by atoms with E-state index in [4.69, 9.17) is 5.73 Å². The highest BCUT2D eigenvalue weighted by molar-refractivity contribution is 5.94. The van der Waals surface area contributed by atoms with Crippen LogP contribution in [0.4, 0.5) is 0 Å². The second-order valence-corrected chi connectivity index (χ2v) is 3.83. The monoisotopic (exact) mass is 207 g/mol. The zero-order valence-electron chi connectivity index (χ0n) is 8.51. The molecule has 1 aliphatic rings. The largest absolute Gasteiger partial charge is 0.335 e. The molecule has 0 unspecified atom stereocenters. The number of nitrogens with two attached hydrogens (primary N) is 1.